The average Bonchev–Trinajstić information content (AvgIpc) is 2.46. The molecule has 0 saturated heterocycles. The lowest BCUT2D eigenvalue weighted by Crippen LogP contribution is -2.00. The Bertz CT molecular complexity index is 512. The van der Waals surface area contributed by atoms with Crippen LogP contribution in [0.5, 0.6) is 5.75 Å². The fraction of sp³-hybridized carbons (Fsp3) is 0.294. The molecule has 0 aliphatic heterocycles. The van der Waals surface area contributed by atoms with E-state index in [1.807, 2.05) is 36.4 Å². The number of rotatable bonds is 4. The molecule has 1 atom stereocenters. The molecule has 0 fully saturated rings. The SMILES string of the molecule is COc1ccc(C(O)c2ccc(C(C)C)cc2)cc1. The van der Waals surface area contributed by atoms with Crippen LogP contribution in [0.15, 0.2) is 48.5 Å². The molecule has 1 N–H and O–H groups in total. The van der Waals surface area contributed by atoms with Gasteiger partial charge in [0.15, 0.2) is 0 Å². The number of methoxy groups -OCH3 is 1. The Labute approximate surface area is 114 Å². The Morgan fingerprint density at radius 1 is 0.789 bits per heavy atom. The fourth-order valence-corrected chi connectivity index (χ4v) is 2.04. The molecular formula is C17H20O2. The zero-order chi connectivity index (χ0) is 13.8. The van der Waals surface area contributed by atoms with Crippen LogP contribution in [0.3, 0.4) is 0 Å². The monoisotopic (exact) mass is 256 g/mol. The first-order valence-corrected chi connectivity index (χ1v) is 6.53. The number of ether oxygens (including phenoxy) is 1. The van der Waals surface area contributed by atoms with Crippen molar-refractivity contribution in [2.75, 3.05) is 7.11 Å². The summed E-state index contributed by atoms with van der Waals surface area (Å²) in [6, 6.07) is 15.6. The van der Waals surface area contributed by atoms with Crippen molar-refractivity contribution < 1.29 is 9.84 Å². The maximum absolute atomic E-state index is 10.3. The van der Waals surface area contributed by atoms with E-state index in [1.54, 1.807) is 7.11 Å². The van der Waals surface area contributed by atoms with Crippen molar-refractivity contribution in [1.82, 2.24) is 0 Å². The second-order valence-corrected chi connectivity index (χ2v) is 5.00. The minimum Gasteiger partial charge on any atom is -0.497 e. The van der Waals surface area contributed by atoms with Gasteiger partial charge in [-0.1, -0.05) is 50.2 Å². The van der Waals surface area contributed by atoms with Gasteiger partial charge in [-0.2, -0.15) is 0 Å². The zero-order valence-electron chi connectivity index (χ0n) is 11.6. The number of hydrogen-bond acceptors (Lipinski definition) is 2. The first-order valence-electron chi connectivity index (χ1n) is 6.53. The highest BCUT2D eigenvalue weighted by Gasteiger charge is 2.10. The van der Waals surface area contributed by atoms with Crippen molar-refractivity contribution in [3.8, 4) is 5.75 Å². The zero-order valence-corrected chi connectivity index (χ0v) is 11.6. The van der Waals surface area contributed by atoms with E-state index in [0.29, 0.717) is 5.92 Å². The van der Waals surface area contributed by atoms with E-state index >= 15 is 0 Å². The van der Waals surface area contributed by atoms with Crippen LogP contribution in [0.2, 0.25) is 0 Å². The summed E-state index contributed by atoms with van der Waals surface area (Å²) in [5.74, 6) is 1.30. The summed E-state index contributed by atoms with van der Waals surface area (Å²) in [6.07, 6.45) is -0.591. The van der Waals surface area contributed by atoms with Crippen LogP contribution in [0.25, 0.3) is 0 Å². The van der Waals surface area contributed by atoms with Crippen molar-refractivity contribution in [2.24, 2.45) is 0 Å². The van der Waals surface area contributed by atoms with Gasteiger partial charge in [-0.05, 0) is 34.7 Å². The molecule has 0 amide bonds. The smallest absolute Gasteiger partial charge is 0.118 e. The van der Waals surface area contributed by atoms with E-state index in [4.69, 9.17) is 4.74 Å². The van der Waals surface area contributed by atoms with E-state index in [-0.39, 0.29) is 0 Å². The molecule has 0 aliphatic carbocycles. The van der Waals surface area contributed by atoms with E-state index in [0.717, 1.165) is 16.9 Å². The molecule has 2 heteroatoms. The minimum atomic E-state index is -0.591. The quantitative estimate of drug-likeness (QED) is 0.899. The number of aliphatic hydroxyl groups is 1. The summed E-state index contributed by atoms with van der Waals surface area (Å²) in [5, 5.41) is 10.3. The second-order valence-electron chi connectivity index (χ2n) is 5.00. The largest absolute Gasteiger partial charge is 0.497 e. The van der Waals surface area contributed by atoms with Crippen LogP contribution >= 0.6 is 0 Å². The predicted octanol–water partition coefficient (Wildman–Crippen LogP) is 3.90. The van der Waals surface area contributed by atoms with Crippen molar-refractivity contribution in [2.45, 2.75) is 25.9 Å². The van der Waals surface area contributed by atoms with Crippen LogP contribution in [-0.4, -0.2) is 12.2 Å². The molecule has 0 bridgehead atoms. The third kappa shape index (κ3) is 3.15. The highest BCUT2D eigenvalue weighted by atomic mass is 16.5. The lowest BCUT2D eigenvalue weighted by molar-refractivity contribution is 0.220. The summed E-state index contributed by atoms with van der Waals surface area (Å²) in [6.45, 7) is 4.32. The van der Waals surface area contributed by atoms with Crippen LogP contribution in [-0.2, 0) is 0 Å². The Kier molecular flexibility index (Phi) is 4.23. The summed E-state index contributed by atoms with van der Waals surface area (Å²) < 4.78 is 5.12. The minimum absolute atomic E-state index is 0.507. The fourth-order valence-electron chi connectivity index (χ4n) is 2.04. The van der Waals surface area contributed by atoms with E-state index in [9.17, 15) is 5.11 Å². The maximum atomic E-state index is 10.3. The molecule has 0 saturated carbocycles. The van der Waals surface area contributed by atoms with Gasteiger partial charge in [0, 0.05) is 0 Å². The van der Waals surface area contributed by atoms with Gasteiger partial charge in [0.1, 0.15) is 11.9 Å². The standard InChI is InChI=1S/C17H20O2/c1-12(2)13-4-6-14(7-5-13)17(18)15-8-10-16(19-3)11-9-15/h4-12,17-18H,1-3H3. The summed E-state index contributed by atoms with van der Waals surface area (Å²) in [7, 11) is 1.63. The maximum Gasteiger partial charge on any atom is 0.118 e. The Hall–Kier alpha value is -1.80. The van der Waals surface area contributed by atoms with Gasteiger partial charge in [0.2, 0.25) is 0 Å². The van der Waals surface area contributed by atoms with Crippen molar-refractivity contribution in [1.29, 1.82) is 0 Å². The number of benzene rings is 2. The predicted molar refractivity (Wildman–Crippen MR) is 77.6 cm³/mol. The van der Waals surface area contributed by atoms with Crippen molar-refractivity contribution >= 4 is 0 Å². The third-order valence-electron chi connectivity index (χ3n) is 3.35. The van der Waals surface area contributed by atoms with E-state index in [2.05, 4.69) is 26.0 Å². The second kappa shape index (κ2) is 5.89. The molecule has 0 aliphatic rings. The topological polar surface area (TPSA) is 29.5 Å². The van der Waals surface area contributed by atoms with Gasteiger partial charge in [0.05, 0.1) is 7.11 Å². The first-order chi connectivity index (χ1) is 9.11. The van der Waals surface area contributed by atoms with Crippen LogP contribution in [0.4, 0.5) is 0 Å². The van der Waals surface area contributed by atoms with Crippen LogP contribution in [0, 0.1) is 0 Å². The van der Waals surface area contributed by atoms with Crippen LogP contribution < -0.4 is 4.74 Å². The molecule has 1 unspecified atom stereocenters. The van der Waals surface area contributed by atoms with Gasteiger partial charge < -0.3 is 9.84 Å². The number of aliphatic hydroxyl groups excluding tert-OH is 1. The van der Waals surface area contributed by atoms with Gasteiger partial charge >= 0.3 is 0 Å². The summed E-state index contributed by atoms with van der Waals surface area (Å²) in [4.78, 5) is 0. The molecule has 2 nitrogen and oxygen atoms in total. The Balaban J connectivity index is 2.20. The van der Waals surface area contributed by atoms with Crippen LogP contribution in [0.1, 0.15) is 42.6 Å². The summed E-state index contributed by atoms with van der Waals surface area (Å²) >= 11 is 0. The highest BCUT2D eigenvalue weighted by molar-refractivity contribution is 5.35. The lowest BCUT2D eigenvalue weighted by atomic mass is 9.97. The van der Waals surface area contributed by atoms with Gasteiger partial charge in [-0.25, -0.2) is 0 Å². The Morgan fingerprint density at radius 3 is 1.63 bits per heavy atom. The third-order valence-corrected chi connectivity index (χ3v) is 3.35. The highest BCUT2D eigenvalue weighted by Crippen LogP contribution is 2.25. The molecular weight excluding hydrogens is 236 g/mol. The Morgan fingerprint density at radius 2 is 1.21 bits per heavy atom. The number of hydrogen-bond donors (Lipinski definition) is 1. The van der Waals surface area contributed by atoms with E-state index in [1.165, 1.54) is 5.56 Å². The van der Waals surface area contributed by atoms with Crippen molar-refractivity contribution in [3.63, 3.8) is 0 Å². The normalized spacial score (nSPS) is 12.5. The van der Waals surface area contributed by atoms with Gasteiger partial charge in [0.25, 0.3) is 0 Å². The molecule has 0 heterocycles. The molecule has 2 rings (SSSR count). The van der Waals surface area contributed by atoms with E-state index < -0.39 is 6.10 Å². The molecule has 0 aromatic heterocycles. The molecule has 0 spiro atoms. The molecule has 19 heavy (non-hydrogen) atoms. The summed E-state index contributed by atoms with van der Waals surface area (Å²) in [5.41, 5.74) is 3.07. The van der Waals surface area contributed by atoms with Gasteiger partial charge in [-0.15, -0.1) is 0 Å². The van der Waals surface area contributed by atoms with Crippen molar-refractivity contribution in [3.05, 3.63) is 65.2 Å². The molecule has 100 valence electrons. The molecule has 0 radical (unpaired) electrons. The first kappa shape index (κ1) is 13.6. The lowest BCUT2D eigenvalue weighted by Gasteiger charge is -2.13. The van der Waals surface area contributed by atoms with Gasteiger partial charge in [-0.3, -0.25) is 0 Å². The average molecular weight is 256 g/mol. The molecule has 2 aromatic rings. The molecule has 2 aromatic carbocycles.